The molecule has 0 aliphatic carbocycles. The molecule has 8 heteroatoms. The molecule has 1 atom stereocenters. The van der Waals surface area contributed by atoms with Gasteiger partial charge in [-0.25, -0.2) is 4.98 Å². The molecule has 0 bridgehead atoms. The minimum atomic E-state index is -2.79. The summed E-state index contributed by atoms with van der Waals surface area (Å²) in [5.74, 6) is 0.608. The highest BCUT2D eigenvalue weighted by Crippen LogP contribution is 2.32. The minimum Gasteiger partial charge on any atom is -0.493 e. The van der Waals surface area contributed by atoms with Crippen LogP contribution in [0.5, 0.6) is 11.5 Å². The number of rotatable bonds is 8. The molecule has 154 valence electrons. The Balaban J connectivity index is 1.72. The quantitative estimate of drug-likeness (QED) is 0.510. The lowest BCUT2D eigenvalue weighted by molar-refractivity contribution is -0.149. The first kappa shape index (κ1) is 20.6. The molecule has 0 saturated heterocycles. The molecule has 1 aromatic heterocycles. The van der Waals surface area contributed by atoms with Gasteiger partial charge in [0.25, 0.3) is 0 Å². The summed E-state index contributed by atoms with van der Waals surface area (Å²) in [4.78, 5) is 16.6. The second kappa shape index (κ2) is 8.89. The lowest BCUT2D eigenvalue weighted by Crippen LogP contribution is -2.15. The number of imidazole rings is 1. The number of fused-ring (bicyclic) bond motifs is 1. The van der Waals surface area contributed by atoms with E-state index in [9.17, 15) is 13.6 Å². The van der Waals surface area contributed by atoms with E-state index in [-0.39, 0.29) is 12.2 Å². The molecule has 0 aliphatic heterocycles. The molecule has 0 radical (unpaired) electrons. The number of para-hydroxylation sites is 3. The molecule has 0 N–H and O–H groups in total. The van der Waals surface area contributed by atoms with E-state index in [0.29, 0.717) is 29.0 Å². The number of benzene rings is 2. The van der Waals surface area contributed by atoms with Crippen molar-refractivity contribution in [2.24, 2.45) is 0 Å². The number of esters is 1. The van der Waals surface area contributed by atoms with Gasteiger partial charge >= 0.3 is 12.5 Å². The van der Waals surface area contributed by atoms with Gasteiger partial charge in [0.15, 0.2) is 23.4 Å². The van der Waals surface area contributed by atoms with Gasteiger partial charge in [-0.15, -0.1) is 0 Å². The molecule has 0 spiro atoms. The smallest absolute Gasteiger partial charge is 0.320 e. The van der Waals surface area contributed by atoms with Crippen molar-refractivity contribution in [3.8, 4) is 11.5 Å². The predicted octanol–water partition coefficient (Wildman–Crippen LogP) is 4.69. The predicted molar refractivity (Wildman–Crippen MR) is 103 cm³/mol. The summed E-state index contributed by atoms with van der Waals surface area (Å²) in [6.45, 7) is -1.26. The number of halogens is 2. The molecular formula is C21H22F2N2O4. The van der Waals surface area contributed by atoms with Crippen LogP contribution < -0.4 is 9.47 Å². The van der Waals surface area contributed by atoms with E-state index in [0.717, 1.165) is 10.1 Å². The van der Waals surface area contributed by atoms with Crippen molar-refractivity contribution in [2.45, 2.75) is 32.4 Å². The Morgan fingerprint density at radius 1 is 1.10 bits per heavy atom. The number of alkyl halides is 2. The Hall–Kier alpha value is -3.16. The average Bonchev–Trinajstić information content (AvgIpc) is 3.11. The molecule has 6 nitrogen and oxygen atoms in total. The number of ether oxygens (including phenoxy) is 3. The first-order valence-corrected chi connectivity index (χ1v) is 9.10. The van der Waals surface area contributed by atoms with Crippen molar-refractivity contribution < 1.29 is 27.8 Å². The lowest BCUT2D eigenvalue weighted by atomic mass is 10.1. The monoisotopic (exact) mass is 404 g/mol. The molecule has 3 rings (SSSR count). The first-order valence-electron chi connectivity index (χ1n) is 9.10. The zero-order chi connectivity index (χ0) is 21.0. The SMILES string of the molecule is COc1cccc(CCC(=O)OC(C)c2nc3ccccc3n2C(F)F)c1OC. The van der Waals surface area contributed by atoms with Crippen LogP contribution in [0, 0.1) is 0 Å². The van der Waals surface area contributed by atoms with Crippen LogP contribution in [0.4, 0.5) is 8.78 Å². The molecule has 0 saturated carbocycles. The maximum atomic E-state index is 13.6. The molecule has 1 heterocycles. The summed E-state index contributed by atoms with van der Waals surface area (Å²) in [7, 11) is 3.06. The number of nitrogens with zero attached hydrogens (tertiary/aromatic N) is 2. The Labute approximate surface area is 167 Å². The maximum Gasteiger partial charge on any atom is 0.320 e. The standard InChI is InChI=1S/C21H22F2N2O4/c1-13(20-24-15-8-4-5-9-16(15)25(20)21(22)23)29-18(26)12-11-14-7-6-10-17(27-2)19(14)28-3/h4-10,13,21H,11-12H2,1-3H3. The number of aryl methyl sites for hydroxylation is 1. The maximum absolute atomic E-state index is 13.6. The highest BCUT2D eigenvalue weighted by atomic mass is 19.3. The molecular weight excluding hydrogens is 382 g/mol. The topological polar surface area (TPSA) is 62.6 Å². The van der Waals surface area contributed by atoms with Crippen molar-refractivity contribution in [1.29, 1.82) is 0 Å². The summed E-state index contributed by atoms with van der Waals surface area (Å²) >= 11 is 0. The van der Waals surface area contributed by atoms with Gasteiger partial charge in [-0.2, -0.15) is 8.78 Å². The van der Waals surface area contributed by atoms with Crippen molar-refractivity contribution in [3.05, 3.63) is 53.9 Å². The van der Waals surface area contributed by atoms with Crippen LogP contribution in [-0.2, 0) is 16.0 Å². The zero-order valence-electron chi connectivity index (χ0n) is 16.4. The van der Waals surface area contributed by atoms with Gasteiger partial charge in [0.1, 0.15) is 0 Å². The highest BCUT2D eigenvalue weighted by Gasteiger charge is 2.24. The molecule has 0 amide bonds. The van der Waals surface area contributed by atoms with Gasteiger partial charge in [-0.1, -0.05) is 24.3 Å². The molecule has 0 fully saturated rings. The van der Waals surface area contributed by atoms with Crippen molar-refractivity contribution in [3.63, 3.8) is 0 Å². The fraction of sp³-hybridized carbons (Fsp3) is 0.333. The summed E-state index contributed by atoms with van der Waals surface area (Å²) < 4.78 is 43.9. The average molecular weight is 404 g/mol. The van der Waals surface area contributed by atoms with Gasteiger partial charge < -0.3 is 14.2 Å². The fourth-order valence-electron chi connectivity index (χ4n) is 3.25. The molecule has 0 aliphatic rings. The van der Waals surface area contributed by atoms with E-state index >= 15 is 0 Å². The largest absolute Gasteiger partial charge is 0.493 e. The Morgan fingerprint density at radius 2 is 1.86 bits per heavy atom. The number of carbonyl (C=O) groups excluding carboxylic acids is 1. The molecule has 29 heavy (non-hydrogen) atoms. The third-order valence-electron chi connectivity index (χ3n) is 4.57. The van der Waals surface area contributed by atoms with Crippen LogP contribution >= 0.6 is 0 Å². The molecule has 2 aromatic carbocycles. The Kier molecular flexibility index (Phi) is 6.31. The Bertz CT molecular complexity index is 1000. The molecule has 3 aromatic rings. The normalized spacial score (nSPS) is 12.2. The summed E-state index contributed by atoms with van der Waals surface area (Å²) in [5, 5.41) is 0. The van der Waals surface area contributed by atoms with Crippen molar-refractivity contribution in [2.75, 3.05) is 14.2 Å². The van der Waals surface area contributed by atoms with Crippen molar-refractivity contribution in [1.82, 2.24) is 9.55 Å². The van der Waals surface area contributed by atoms with Crippen LogP contribution in [0.15, 0.2) is 42.5 Å². The third kappa shape index (κ3) is 4.31. The van der Waals surface area contributed by atoms with E-state index in [2.05, 4.69) is 4.98 Å². The second-order valence-electron chi connectivity index (χ2n) is 6.39. The summed E-state index contributed by atoms with van der Waals surface area (Å²) in [6, 6.07) is 12.0. The van der Waals surface area contributed by atoms with Gasteiger partial charge in [0, 0.05) is 6.42 Å². The van der Waals surface area contributed by atoms with Gasteiger partial charge in [-0.05, 0) is 37.1 Å². The van der Waals surface area contributed by atoms with Crippen molar-refractivity contribution >= 4 is 17.0 Å². The summed E-state index contributed by atoms with van der Waals surface area (Å²) in [5.41, 5.74) is 1.50. The van der Waals surface area contributed by atoms with E-state index < -0.39 is 18.6 Å². The van der Waals surface area contributed by atoms with Crippen LogP contribution in [0.25, 0.3) is 11.0 Å². The fourth-order valence-corrected chi connectivity index (χ4v) is 3.25. The Morgan fingerprint density at radius 3 is 2.55 bits per heavy atom. The zero-order valence-corrected chi connectivity index (χ0v) is 16.4. The number of hydrogen-bond donors (Lipinski definition) is 0. The van der Waals surface area contributed by atoms with Gasteiger partial charge in [-0.3, -0.25) is 9.36 Å². The van der Waals surface area contributed by atoms with E-state index in [1.807, 2.05) is 6.07 Å². The minimum absolute atomic E-state index is 0.00788. The lowest BCUT2D eigenvalue weighted by Gasteiger charge is -2.16. The number of methoxy groups -OCH3 is 2. The molecule has 1 unspecified atom stereocenters. The third-order valence-corrected chi connectivity index (χ3v) is 4.57. The van der Waals surface area contributed by atoms with Crippen LogP contribution in [0.1, 0.15) is 37.4 Å². The van der Waals surface area contributed by atoms with E-state index in [4.69, 9.17) is 14.2 Å². The van der Waals surface area contributed by atoms with Gasteiger partial charge in [0.2, 0.25) is 0 Å². The van der Waals surface area contributed by atoms with E-state index in [1.54, 1.807) is 36.4 Å². The van der Waals surface area contributed by atoms with Crippen LogP contribution in [-0.4, -0.2) is 29.7 Å². The van der Waals surface area contributed by atoms with E-state index in [1.165, 1.54) is 21.1 Å². The number of aromatic nitrogens is 2. The number of carbonyl (C=O) groups is 1. The van der Waals surface area contributed by atoms with Crippen LogP contribution in [0.2, 0.25) is 0 Å². The second-order valence-corrected chi connectivity index (χ2v) is 6.39. The van der Waals surface area contributed by atoms with Crippen LogP contribution in [0.3, 0.4) is 0 Å². The van der Waals surface area contributed by atoms with Gasteiger partial charge in [0.05, 0.1) is 25.3 Å². The summed E-state index contributed by atoms with van der Waals surface area (Å²) in [6.07, 6.45) is -0.504. The highest BCUT2D eigenvalue weighted by molar-refractivity contribution is 5.76. The first-order chi connectivity index (χ1) is 14.0. The number of hydrogen-bond acceptors (Lipinski definition) is 5.